The van der Waals surface area contributed by atoms with E-state index in [0.717, 1.165) is 6.07 Å². The SMILES string of the molecule is NNC(Cc1ccccn1)c1c(Cl)ccc(F)c1F. The second kappa shape index (κ2) is 6.06. The van der Waals surface area contributed by atoms with Crippen LogP contribution in [0.2, 0.25) is 5.02 Å². The molecule has 2 aromatic rings. The summed E-state index contributed by atoms with van der Waals surface area (Å²) in [6.45, 7) is 0. The number of nitrogens with zero attached hydrogens (tertiary/aromatic N) is 1. The molecule has 0 radical (unpaired) electrons. The van der Waals surface area contributed by atoms with Crippen LogP contribution in [0.25, 0.3) is 0 Å². The fourth-order valence-corrected chi connectivity index (χ4v) is 2.11. The molecule has 3 nitrogen and oxygen atoms in total. The zero-order valence-electron chi connectivity index (χ0n) is 9.91. The van der Waals surface area contributed by atoms with Crippen molar-refractivity contribution in [3.8, 4) is 0 Å². The summed E-state index contributed by atoms with van der Waals surface area (Å²) in [5.74, 6) is 3.46. The van der Waals surface area contributed by atoms with Crippen molar-refractivity contribution in [3.05, 3.63) is 64.4 Å². The van der Waals surface area contributed by atoms with E-state index >= 15 is 0 Å². The van der Waals surface area contributed by atoms with Gasteiger partial charge in [-0.1, -0.05) is 17.7 Å². The Labute approximate surface area is 114 Å². The van der Waals surface area contributed by atoms with E-state index in [0.29, 0.717) is 12.1 Å². The maximum Gasteiger partial charge on any atom is 0.165 e. The van der Waals surface area contributed by atoms with Crippen LogP contribution in [0.5, 0.6) is 0 Å². The maximum absolute atomic E-state index is 13.8. The minimum absolute atomic E-state index is 0.00909. The van der Waals surface area contributed by atoms with Crippen LogP contribution in [0.15, 0.2) is 36.5 Å². The molecule has 0 aliphatic rings. The molecule has 3 N–H and O–H groups in total. The molecule has 6 heteroatoms. The summed E-state index contributed by atoms with van der Waals surface area (Å²) in [5, 5.41) is 0.123. The van der Waals surface area contributed by atoms with Crippen molar-refractivity contribution < 1.29 is 8.78 Å². The molecule has 19 heavy (non-hydrogen) atoms. The minimum atomic E-state index is -0.994. The van der Waals surface area contributed by atoms with Gasteiger partial charge in [-0.2, -0.15) is 0 Å². The Bertz CT molecular complexity index is 563. The van der Waals surface area contributed by atoms with Gasteiger partial charge >= 0.3 is 0 Å². The molecule has 0 amide bonds. The highest BCUT2D eigenvalue weighted by Crippen LogP contribution is 2.29. The van der Waals surface area contributed by atoms with Gasteiger partial charge in [0.2, 0.25) is 0 Å². The molecule has 0 bridgehead atoms. The lowest BCUT2D eigenvalue weighted by molar-refractivity contribution is 0.463. The van der Waals surface area contributed by atoms with Crippen molar-refractivity contribution in [2.75, 3.05) is 0 Å². The Balaban J connectivity index is 2.35. The van der Waals surface area contributed by atoms with E-state index in [-0.39, 0.29) is 10.6 Å². The number of hydrazine groups is 1. The van der Waals surface area contributed by atoms with Gasteiger partial charge in [0.1, 0.15) is 0 Å². The summed E-state index contributed by atoms with van der Waals surface area (Å²) in [5.41, 5.74) is 3.15. The summed E-state index contributed by atoms with van der Waals surface area (Å²) in [7, 11) is 0. The zero-order chi connectivity index (χ0) is 13.8. The first-order valence-corrected chi connectivity index (χ1v) is 6.00. The summed E-state index contributed by atoms with van der Waals surface area (Å²) in [4.78, 5) is 4.12. The molecule has 1 aromatic carbocycles. The van der Waals surface area contributed by atoms with E-state index in [2.05, 4.69) is 10.4 Å². The summed E-state index contributed by atoms with van der Waals surface area (Å²) in [6.07, 6.45) is 1.92. The average molecular weight is 284 g/mol. The number of aromatic nitrogens is 1. The average Bonchev–Trinajstić information content (AvgIpc) is 2.43. The zero-order valence-corrected chi connectivity index (χ0v) is 10.7. The molecule has 0 saturated carbocycles. The normalized spacial score (nSPS) is 12.4. The van der Waals surface area contributed by atoms with E-state index < -0.39 is 17.7 Å². The maximum atomic E-state index is 13.8. The number of benzene rings is 1. The standard InChI is InChI=1S/C13H12ClF2N3/c14-9-4-5-10(15)13(16)12(9)11(19-17)7-8-3-1-2-6-18-8/h1-6,11,19H,7,17H2. The van der Waals surface area contributed by atoms with E-state index in [9.17, 15) is 8.78 Å². The highest BCUT2D eigenvalue weighted by atomic mass is 35.5. The van der Waals surface area contributed by atoms with Gasteiger partial charge in [-0.3, -0.25) is 16.3 Å². The number of halogens is 3. The van der Waals surface area contributed by atoms with Gasteiger partial charge in [0.15, 0.2) is 11.6 Å². The van der Waals surface area contributed by atoms with Crippen molar-refractivity contribution in [1.29, 1.82) is 0 Å². The molecule has 0 aliphatic carbocycles. The van der Waals surface area contributed by atoms with Crippen LogP contribution < -0.4 is 11.3 Å². The Morgan fingerprint density at radius 3 is 2.68 bits per heavy atom. The molecule has 1 atom stereocenters. The molecular weight excluding hydrogens is 272 g/mol. The molecule has 0 aliphatic heterocycles. The molecule has 1 unspecified atom stereocenters. The quantitative estimate of drug-likeness (QED) is 0.515. The first-order valence-electron chi connectivity index (χ1n) is 5.63. The molecule has 1 heterocycles. The first-order chi connectivity index (χ1) is 9.13. The Morgan fingerprint density at radius 2 is 2.05 bits per heavy atom. The van der Waals surface area contributed by atoms with Crippen molar-refractivity contribution in [2.24, 2.45) is 5.84 Å². The summed E-state index contributed by atoms with van der Waals surface area (Å²) in [6, 6.07) is 6.98. The largest absolute Gasteiger partial charge is 0.271 e. The van der Waals surface area contributed by atoms with Crippen LogP contribution in [0.4, 0.5) is 8.78 Å². The Hall–Kier alpha value is -1.56. The lowest BCUT2D eigenvalue weighted by Gasteiger charge is -2.18. The highest BCUT2D eigenvalue weighted by molar-refractivity contribution is 6.31. The number of hydrogen-bond donors (Lipinski definition) is 2. The van der Waals surface area contributed by atoms with Gasteiger partial charge in [0.05, 0.1) is 6.04 Å². The Morgan fingerprint density at radius 1 is 1.26 bits per heavy atom. The monoisotopic (exact) mass is 283 g/mol. The lowest BCUT2D eigenvalue weighted by Crippen LogP contribution is -2.31. The summed E-state index contributed by atoms with van der Waals surface area (Å²) >= 11 is 5.92. The molecule has 0 spiro atoms. The van der Waals surface area contributed by atoms with Crippen LogP contribution in [0.3, 0.4) is 0 Å². The number of nitrogens with two attached hydrogens (primary N) is 1. The molecule has 1 aromatic heterocycles. The van der Waals surface area contributed by atoms with Gasteiger partial charge in [-0.15, -0.1) is 0 Å². The Kier molecular flexibility index (Phi) is 4.42. The van der Waals surface area contributed by atoms with Crippen LogP contribution in [-0.2, 0) is 6.42 Å². The van der Waals surface area contributed by atoms with Crippen LogP contribution in [0.1, 0.15) is 17.3 Å². The van der Waals surface area contributed by atoms with E-state index in [1.54, 1.807) is 24.4 Å². The molecule has 0 fully saturated rings. The first kappa shape index (κ1) is 13.9. The van der Waals surface area contributed by atoms with E-state index in [1.165, 1.54) is 6.07 Å². The molecular formula is C13H12ClF2N3. The van der Waals surface area contributed by atoms with Gasteiger partial charge in [-0.25, -0.2) is 8.78 Å². The molecule has 0 saturated heterocycles. The lowest BCUT2D eigenvalue weighted by atomic mass is 10.0. The molecule has 100 valence electrons. The number of nitrogens with one attached hydrogen (secondary N) is 1. The van der Waals surface area contributed by atoms with Crippen molar-refractivity contribution in [1.82, 2.24) is 10.4 Å². The highest BCUT2D eigenvalue weighted by Gasteiger charge is 2.21. The number of rotatable bonds is 4. The van der Waals surface area contributed by atoms with Crippen LogP contribution in [-0.4, -0.2) is 4.98 Å². The number of hydrogen-bond acceptors (Lipinski definition) is 3. The summed E-state index contributed by atoms with van der Waals surface area (Å²) < 4.78 is 27.1. The molecule has 2 rings (SSSR count). The van der Waals surface area contributed by atoms with E-state index in [4.69, 9.17) is 17.4 Å². The van der Waals surface area contributed by atoms with Gasteiger partial charge in [0.25, 0.3) is 0 Å². The van der Waals surface area contributed by atoms with Crippen LogP contribution in [0, 0.1) is 11.6 Å². The van der Waals surface area contributed by atoms with Crippen molar-refractivity contribution in [3.63, 3.8) is 0 Å². The van der Waals surface area contributed by atoms with Gasteiger partial charge in [-0.05, 0) is 24.3 Å². The van der Waals surface area contributed by atoms with E-state index in [1.807, 2.05) is 0 Å². The fraction of sp³-hybridized carbons (Fsp3) is 0.154. The van der Waals surface area contributed by atoms with Gasteiger partial charge < -0.3 is 0 Å². The van der Waals surface area contributed by atoms with Crippen LogP contribution >= 0.6 is 11.6 Å². The second-order valence-electron chi connectivity index (χ2n) is 4.00. The number of pyridine rings is 1. The van der Waals surface area contributed by atoms with Crippen molar-refractivity contribution >= 4 is 11.6 Å². The second-order valence-corrected chi connectivity index (χ2v) is 4.41. The topological polar surface area (TPSA) is 50.9 Å². The van der Waals surface area contributed by atoms with Crippen molar-refractivity contribution in [2.45, 2.75) is 12.5 Å². The third kappa shape index (κ3) is 3.07. The predicted octanol–water partition coefficient (Wildman–Crippen LogP) is 2.76. The third-order valence-electron chi connectivity index (χ3n) is 2.77. The predicted molar refractivity (Wildman–Crippen MR) is 69.4 cm³/mol. The fourth-order valence-electron chi connectivity index (χ4n) is 1.83. The minimum Gasteiger partial charge on any atom is -0.271 e. The van der Waals surface area contributed by atoms with Gasteiger partial charge in [0, 0.05) is 28.9 Å². The smallest absolute Gasteiger partial charge is 0.165 e. The third-order valence-corrected chi connectivity index (χ3v) is 3.10.